The van der Waals surface area contributed by atoms with Crippen molar-refractivity contribution in [3.8, 4) is 33.4 Å². The number of anilines is 3. The lowest BCUT2D eigenvalue weighted by atomic mass is 9.67. The van der Waals surface area contributed by atoms with E-state index in [2.05, 4.69) is 266 Å². The van der Waals surface area contributed by atoms with Crippen LogP contribution in [0.5, 0.6) is 0 Å². The molecule has 2 aliphatic rings. The largest absolute Gasteiger partial charge is 0.456 e. The summed E-state index contributed by atoms with van der Waals surface area (Å²) in [6.07, 6.45) is 0. The lowest BCUT2D eigenvalue weighted by Crippen LogP contribution is -2.29. The average molecular weight is 892 g/mol. The summed E-state index contributed by atoms with van der Waals surface area (Å²) in [5.41, 5.74) is 21.2. The lowest BCUT2D eigenvalue weighted by Gasteiger charge is -2.35. The zero-order chi connectivity index (χ0) is 46.2. The van der Waals surface area contributed by atoms with Crippen LogP contribution in [0.2, 0.25) is 0 Å². The van der Waals surface area contributed by atoms with Crippen LogP contribution >= 0.6 is 0 Å². The predicted molar refractivity (Wildman–Crippen MR) is 288 cm³/mol. The fourth-order valence-corrected chi connectivity index (χ4v) is 12.4. The standard InChI is InChI=1S/C68H45NO/c1-5-22-48(23-6-1)67(49-24-7-2-8-25-49)60-35-17-14-33-57(60)66-61(67)36-20-37-63(66)69(52-30-19-21-46(43-52)47-39-42-65-58(44-47)56-32-15-18-38-64(56)70-65)53-40-41-55-54-31-13-16-34-59(54)68(62(55)45-53,50-26-9-3-10-27-50)51-28-11-4-12-29-51/h1-45H. The van der Waals surface area contributed by atoms with Gasteiger partial charge < -0.3 is 9.32 Å². The van der Waals surface area contributed by atoms with Gasteiger partial charge in [-0.25, -0.2) is 0 Å². The third-order valence-corrected chi connectivity index (χ3v) is 15.2. The van der Waals surface area contributed by atoms with E-state index >= 15 is 0 Å². The summed E-state index contributed by atoms with van der Waals surface area (Å²) in [4.78, 5) is 2.53. The van der Waals surface area contributed by atoms with Crippen LogP contribution in [0.4, 0.5) is 17.1 Å². The number of fused-ring (bicyclic) bond motifs is 9. The minimum Gasteiger partial charge on any atom is -0.456 e. The van der Waals surface area contributed by atoms with E-state index in [9.17, 15) is 0 Å². The minimum atomic E-state index is -0.568. The lowest BCUT2D eigenvalue weighted by molar-refractivity contribution is 0.669. The van der Waals surface area contributed by atoms with Gasteiger partial charge in [0.05, 0.1) is 16.5 Å². The number of furan rings is 1. The number of rotatable bonds is 8. The molecule has 14 rings (SSSR count). The second-order valence-electron chi connectivity index (χ2n) is 18.7. The second kappa shape index (κ2) is 15.8. The van der Waals surface area contributed by atoms with E-state index in [1.54, 1.807) is 0 Å². The maximum atomic E-state index is 6.31. The molecule has 2 nitrogen and oxygen atoms in total. The summed E-state index contributed by atoms with van der Waals surface area (Å²) >= 11 is 0. The monoisotopic (exact) mass is 891 g/mol. The molecule has 0 aliphatic heterocycles. The fraction of sp³-hybridized carbons (Fsp3) is 0.0294. The summed E-state index contributed by atoms with van der Waals surface area (Å²) < 4.78 is 6.31. The molecule has 2 heteroatoms. The van der Waals surface area contributed by atoms with Gasteiger partial charge in [-0.2, -0.15) is 0 Å². The molecular formula is C68H45NO. The van der Waals surface area contributed by atoms with Gasteiger partial charge >= 0.3 is 0 Å². The van der Waals surface area contributed by atoms with E-state index in [1.807, 2.05) is 12.1 Å². The van der Waals surface area contributed by atoms with E-state index in [1.165, 1.54) is 66.8 Å². The molecule has 12 aromatic rings. The molecule has 2 aliphatic carbocycles. The van der Waals surface area contributed by atoms with Crippen LogP contribution in [0, 0.1) is 0 Å². The highest BCUT2D eigenvalue weighted by Gasteiger charge is 2.49. The van der Waals surface area contributed by atoms with Crippen LogP contribution in [-0.4, -0.2) is 0 Å². The minimum absolute atomic E-state index is 0.559. The summed E-state index contributed by atoms with van der Waals surface area (Å²) in [5, 5.41) is 2.23. The molecule has 0 atom stereocenters. The van der Waals surface area contributed by atoms with Gasteiger partial charge in [0.15, 0.2) is 0 Å². The zero-order valence-corrected chi connectivity index (χ0v) is 38.3. The van der Waals surface area contributed by atoms with Gasteiger partial charge in [0.1, 0.15) is 11.2 Å². The van der Waals surface area contributed by atoms with Gasteiger partial charge in [-0.05, 0) is 121 Å². The van der Waals surface area contributed by atoms with Crippen molar-refractivity contribution in [2.24, 2.45) is 0 Å². The molecule has 0 spiro atoms. The van der Waals surface area contributed by atoms with Gasteiger partial charge in [0.2, 0.25) is 0 Å². The molecule has 0 fully saturated rings. The molecule has 0 bridgehead atoms. The molecule has 0 saturated heterocycles. The first-order valence-corrected chi connectivity index (χ1v) is 24.2. The summed E-state index contributed by atoms with van der Waals surface area (Å²) in [6, 6.07) is 101. The normalized spacial score (nSPS) is 13.7. The molecule has 328 valence electrons. The summed E-state index contributed by atoms with van der Waals surface area (Å²) in [6.45, 7) is 0. The Morgan fingerprint density at radius 1 is 0.286 bits per heavy atom. The molecule has 1 heterocycles. The number of hydrogen-bond acceptors (Lipinski definition) is 2. The first-order chi connectivity index (χ1) is 34.7. The molecule has 0 N–H and O–H groups in total. The van der Waals surface area contributed by atoms with Gasteiger partial charge in [-0.3, -0.25) is 0 Å². The SMILES string of the molecule is c1ccc(C2(c3ccccc3)c3ccccc3-c3ccc(N(c4cccc(-c5ccc6oc7ccccc7c6c5)c4)c4cccc5c4-c4ccccc4C5(c4ccccc4)c4ccccc4)cc32)cc1. The first-order valence-electron chi connectivity index (χ1n) is 24.2. The second-order valence-corrected chi connectivity index (χ2v) is 18.7. The molecule has 0 saturated carbocycles. The van der Waals surface area contributed by atoms with E-state index in [0.29, 0.717) is 0 Å². The highest BCUT2D eigenvalue weighted by Crippen LogP contribution is 2.61. The third-order valence-electron chi connectivity index (χ3n) is 15.2. The van der Waals surface area contributed by atoms with Crippen molar-refractivity contribution in [2.75, 3.05) is 4.90 Å². The van der Waals surface area contributed by atoms with Crippen molar-refractivity contribution in [1.29, 1.82) is 0 Å². The molecule has 1 aromatic heterocycles. The maximum Gasteiger partial charge on any atom is 0.135 e. The molecule has 11 aromatic carbocycles. The van der Waals surface area contributed by atoms with Crippen molar-refractivity contribution in [3.63, 3.8) is 0 Å². The average Bonchev–Trinajstić information content (AvgIpc) is 4.07. The molecule has 0 unspecified atom stereocenters. The van der Waals surface area contributed by atoms with Crippen LogP contribution in [-0.2, 0) is 10.8 Å². The highest BCUT2D eigenvalue weighted by atomic mass is 16.3. The third kappa shape index (κ3) is 5.74. The number of hydrogen-bond donors (Lipinski definition) is 0. The summed E-state index contributed by atoms with van der Waals surface area (Å²) in [7, 11) is 0. The van der Waals surface area contributed by atoms with E-state index in [-0.39, 0.29) is 0 Å². The Balaban J connectivity index is 1.06. The van der Waals surface area contributed by atoms with Crippen molar-refractivity contribution in [3.05, 3.63) is 317 Å². The van der Waals surface area contributed by atoms with Crippen molar-refractivity contribution in [1.82, 2.24) is 0 Å². The van der Waals surface area contributed by atoms with Gasteiger partial charge in [0, 0.05) is 27.7 Å². The van der Waals surface area contributed by atoms with Crippen LogP contribution < -0.4 is 4.90 Å². The maximum absolute atomic E-state index is 6.31. The van der Waals surface area contributed by atoms with Crippen molar-refractivity contribution in [2.45, 2.75) is 10.8 Å². The molecular weight excluding hydrogens is 847 g/mol. The van der Waals surface area contributed by atoms with Crippen molar-refractivity contribution >= 4 is 39.0 Å². The number of para-hydroxylation sites is 1. The van der Waals surface area contributed by atoms with Crippen molar-refractivity contribution < 1.29 is 4.42 Å². The highest BCUT2D eigenvalue weighted by molar-refractivity contribution is 6.06. The van der Waals surface area contributed by atoms with Crippen LogP contribution in [0.1, 0.15) is 44.5 Å². The smallest absolute Gasteiger partial charge is 0.135 e. The number of nitrogens with zero attached hydrogens (tertiary/aromatic N) is 1. The Morgan fingerprint density at radius 3 is 1.44 bits per heavy atom. The number of benzene rings is 11. The molecule has 70 heavy (non-hydrogen) atoms. The Morgan fingerprint density at radius 2 is 0.771 bits per heavy atom. The fourth-order valence-electron chi connectivity index (χ4n) is 12.4. The van der Waals surface area contributed by atoms with Crippen LogP contribution in [0.3, 0.4) is 0 Å². The van der Waals surface area contributed by atoms with E-state index in [0.717, 1.165) is 50.1 Å². The molecule has 0 amide bonds. The van der Waals surface area contributed by atoms with Gasteiger partial charge in [-0.15, -0.1) is 0 Å². The molecule has 0 radical (unpaired) electrons. The van der Waals surface area contributed by atoms with E-state index in [4.69, 9.17) is 4.42 Å². The topological polar surface area (TPSA) is 16.4 Å². The van der Waals surface area contributed by atoms with Gasteiger partial charge in [-0.1, -0.05) is 224 Å². The quantitative estimate of drug-likeness (QED) is 0.151. The van der Waals surface area contributed by atoms with Gasteiger partial charge in [0.25, 0.3) is 0 Å². The van der Waals surface area contributed by atoms with E-state index < -0.39 is 10.8 Å². The van der Waals surface area contributed by atoms with Crippen LogP contribution in [0.25, 0.3) is 55.3 Å². The Bertz CT molecular complexity index is 3870. The Hall–Kier alpha value is -8.98. The first kappa shape index (κ1) is 40.1. The Kier molecular flexibility index (Phi) is 9.06. The zero-order valence-electron chi connectivity index (χ0n) is 38.3. The Labute approximate surface area is 408 Å². The predicted octanol–water partition coefficient (Wildman–Crippen LogP) is 17.4. The van der Waals surface area contributed by atoms with Crippen LogP contribution in [0.15, 0.2) is 277 Å². The summed E-state index contributed by atoms with van der Waals surface area (Å²) in [5.74, 6) is 0.